The maximum absolute atomic E-state index is 13.2. The van der Waals surface area contributed by atoms with Crippen molar-refractivity contribution in [2.75, 3.05) is 32.8 Å². The molecule has 1 N–H and O–H groups in total. The van der Waals surface area contributed by atoms with Crippen molar-refractivity contribution >= 4 is 18.0 Å². The highest BCUT2D eigenvalue weighted by molar-refractivity contribution is 6.15. The third-order valence-electron chi connectivity index (χ3n) is 5.67. The number of fused-ring (bicyclic) bond motifs is 1. The molecule has 4 rings (SSSR count). The molecular formula is C24H25FN2O5. The zero-order valence-corrected chi connectivity index (χ0v) is 18.1. The molecule has 0 bridgehead atoms. The zero-order valence-electron chi connectivity index (χ0n) is 18.1. The molecule has 1 saturated heterocycles. The van der Waals surface area contributed by atoms with Crippen LogP contribution in [0.15, 0.2) is 36.1 Å². The normalized spacial score (nSPS) is 17.4. The molecule has 0 aromatic heterocycles. The van der Waals surface area contributed by atoms with E-state index in [1.165, 1.54) is 12.1 Å². The third-order valence-corrected chi connectivity index (χ3v) is 5.67. The number of aromatic hydroxyl groups is 1. The van der Waals surface area contributed by atoms with Crippen LogP contribution in [0.25, 0.3) is 6.08 Å². The standard InChI is InChI=1S/C24H25FN2O5/c1-3-31-24(30)27-10-8-26(9-11-27)14-18-19(28)12-15(2)21-22(29)20(32-23(18)21)13-16-4-6-17(25)7-5-16/h4-7,12-13,28H,3,8-11,14H2,1-2H3/b20-13-. The number of rotatable bonds is 4. The second-order valence-electron chi connectivity index (χ2n) is 7.85. The fourth-order valence-electron chi connectivity index (χ4n) is 3.97. The first-order chi connectivity index (χ1) is 15.4. The minimum Gasteiger partial charge on any atom is -0.507 e. The predicted octanol–water partition coefficient (Wildman–Crippen LogP) is 3.73. The van der Waals surface area contributed by atoms with E-state index < -0.39 is 0 Å². The van der Waals surface area contributed by atoms with Crippen molar-refractivity contribution in [3.8, 4) is 11.5 Å². The van der Waals surface area contributed by atoms with Crippen molar-refractivity contribution in [3.05, 3.63) is 64.2 Å². The monoisotopic (exact) mass is 440 g/mol. The van der Waals surface area contributed by atoms with E-state index in [9.17, 15) is 19.1 Å². The Balaban J connectivity index is 1.55. The van der Waals surface area contributed by atoms with E-state index in [1.54, 1.807) is 43.0 Å². The van der Waals surface area contributed by atoms with Crippen LogP contribution in [0.5, 0.6) is 11.5 Å². The molecule has 0 unspecified atom stereocenters. The Morgan fingerprint density at radius 2 is 1.91 bits per heavy atom. The number of phenols is 1. The summed E-state index contributed by atoms with van der Waals surface area (Å²) in [6, 6.07) is 7.34. The van der Waals surface area contributed by atoms with Crippen LogP contribution in [0.2, 0.25) is 0 Å². The Kier molecular flexibility index (Phi) is 6.14. The number of ether oxygens (including phenoxy) is 2. The van der Waals surface area contributed by atoms with Crippen LogP contribution in [0.3, 0.4) is 0 Å². The van der Waals surface area contributed by atoms with Gasteiger partial charge in [-0.15, -0.1) is 0 Å². The quantitative estimate of drug-likeness (QED) is 0.730. The summed E-state index contributed by atoms with van der Waals surface area (Å²) in [4.78, 5) is 28.7. The molecule has 2 aromatic rings. The van der Waals surface area contributed by atoms with Crippen LogP contribution in [0, 0.1) is 12.7 Å². The van der Waals surface area contributed by atoms with E-state index >= 15 is 0 Å². The number of allylic oxidation sites excluding steroid dienone is 1. The number of hydrogen-bond donors (Lipinski definition) is 1. The van der Waals surface area contributed by atoms with E-state index in [-0.39, 0.29) is 29.2 Å². The van der Waals surface area contributed by atoms with E-state index in [0.717, 1.165) is 0 Å². The lowest BCUT2D eigenvalue weighted by Crippen LogP contribution is -2.48. The molecular weight excluding hydrogens is 415 g/mol. The van der Waals surface area contributed by atoms with Crippen molar-refractivity contribution in [1.82, 2.24) is 9.80 Å². The summed E-state index contributed by atoms with van der Waals surface area (Å²) in [6.07, 6.45) is 1.25. The minimum absolute atomic E-state index is 0.0601. The van der Waals surface area contributed by atoms with Gasteiger partial charge in [-0.05, 0) is 49.2 Å². The van der Waals surface area contributed by atoms with Crippen molar-refractivity contribution in [2.45, 2.75) is 20.4 Å². The van der Waals surface area contributed by atoms with Gasteiger partial charge >= 0.3 is 6.09 Å². The van der Waals surface area contributed by atoms with Gasteiger partial charge in [-0.2, -0.15) is 0 Å². The van der Waals surface area contributed by atoms with E-state index in [4.69, 9.17) is 9.47 Å². The SMILES string of the molecule is CCOC(=O)N1CCN(Cc2c(O)cc(C)c3c2O/C(=C\c2ccc(F)cc2)C3=O)CC1. The average molecular weight is 440 g/mol. The van der Waals surface area contributed by atoms with Gasteiger partial charge in [-0.25, -0.2) is 9.18 Å². The highest BCUT2D eigenvalue weighted by Gasteiger charge is 2.34. The number of hydrogen-bond acceptors (Lipinski definition) is 6. The highest BCUT2D eigenvalue weighted by Crippen LogP contribution is 2.42. The maximum Gasteiger partial charge on any atom is 0.409 e. The Hall–Kier alpha value is -3.39. The number of Topliss-reactive ketones (excluding diaryl/α,β-unsaturated/α-hetero) is 1. The molecule has 7 nitrogen and oxygen atoms in total. The fraction of sp³-hybridized carbons (Fsp3) is 0.333. The summed E-state index contributed by atoms with van der Waals surface area (Å²) < 4.78 is 24.2. The number of piperazine rings is 1. The lowest BCUT2D eigenvalue weighted by atomic mass is 9.99. The summed E-state index contributed by atoms with van der Waals surface area (Å²) in [6.45, 7) is 6.48. The number of phenolic OH excluding ortho intramolecular Hbond substituents is 1. The van der Waals surface area contributed by atoms with Gasteiger partial charge in [0.1, 0.15) is 17.3 Å². The number of carbonyl (C=O) groups excluding carboxylic acids is 2. The molecule has 2 heterocycles. The van der Waals surface area contributed by atoms with Crippen molar-refractivity contribution < 1.29 is 28.6 Å². The molecule has 0 spiro atoms. The molecule has 1 fully saturated rings. The Morgan fingerprint density at radius 3 is 2.56 bits per heavy atom. The summed E-state index contributed by atoms with van der Waals surface area (Å²) in [5.41, 5.74) is 2.23. The first kappa shape index (κ1) is 21.8. The summed E-state index contributed by atoms with van der Waals surface area (Å²) in [5, 5.41) is 10.6. The first-order valence-corrected chi connectivity index (χ1v) is 10.6. The number of amides is 1. The predicted molar refractivity (Wildman–Crippen MR) is 116 cm³/mol. The van der Waals surface area contributed by atoms with Crippen molar-refractivity contribution in [3.63, 3.8) is 0 Å². The number of carbonyl (C=O) groups is 2. The second kappa shape index (κ2) is 9.00. The lowest BCUT2D eigenvalue weighted by molar-refractivity contribution is 0.0774. The molecule has 32 heavy (non-hydrogen) atoms. The van der Waals surface area contributed by atoms with Gasteiger partial charge in [-0.1, -0.05) is 12.1 Å². The van der Waals surface area contributed by atoms with Crippen LogP contribution in [-0.2, 0) is 11.3 Å². The fourth-order valence-corrected chi connectivity index (χ4v) is 3.97. The van der Waals surface area contributed by atoms with Gasteiger partial charge in [0.15, 0.2) is 5.76 Å². The van der Waals surface area contributed by atoms with Crippen molar-refractivity contribution in [2.24, 2.45) is 0 Å². The minimum atomic E-state index is -0.361. The summed E-state index contributed by atoms with van der Waals surface area (Å²) in [5.74, 6) is -0.0808. The molecule has 0 radical (unpaired) electrons. The summed E-state index contributed by atoms with van der Waals surface area (Å²) >= 11 is 0. The van der Waals surface area contributed by atoms with Crippen LogP contribution >= 0.6 is 0 Å². The number of nitrogens with zero attached hydrogens (tertiary/aromatic N) is 2. The Labute approximate surface area is 185 Å². The van der Waals surface area contributed by atoms with Gasteiger partial charge in [0.25, 0.3) is 0 Å². The van der Waals surface area contributed by atoms with Gasteiger partial charge in [0.05, 0.1) is 17.7 Å². The molecule has 0 saturated carbocycles. The number of ketones is 1. The highest BCUT2D eigenvalue weighted by atomic mass is 19.1. The molecule has 2 aliphatic heterocycles. The topological polar surface area (TPSA) is 79.3 Å². The van der Waals surface area contributed by atoms with Gasteiger partial charge < -0.3 is 19.5 Å². The maximum atomic E-state index is 13.2. The molecule has 2 aromatic carbocycles. The van der Waals surface area contributed by atoms with E-state index in [0.29, 0.717) is 67.3 Å². The Bertz CT molecular complexity index is 1070. The Morgan fingerprint density at radius 1 is 1.22 bits per heavy atom. The number of benzene rings is 2. The second-order valence-corrected chi connectivity index (χ2v) is 7.85. The number of halogens is 1. The van der Waals surface area contributed by atoms with E-state index in [2.05, 4.69) is 4.90 Å². The molecule has 0 atom stereocenters. The molecule has 0 aliphatic carbocycles. The van der Waals surface area contributed by atoms with Crippen molar-refractivity contribution in [1.29, 1.82) is 0 Å². The molecule has 8 heteroatoms. The van der Waals surface area contributed by atoms with E-state index in [1.807, 2.05) is 0 Å². The molecule has 168 valence electrons. The van der Waals surface area contributed by atoms with Crippen LogP contribution in [0.1, 0.15) is 34.0 Å². The third kappa shape index (κ3) is 4.31. The van der Waals surface area contributed by atoms with Gasteiger partial charge in [0.2, 0.25) is 5.78 Å². The van der Waals surface area contributed by atoms with Gasteiger partial charge in [0, 0.05) is 32.7 Å². The molecule has 2 aliphatic rings. The van der Waals surface area contributed by atoms with Gasteiger partial charge in [-0.3, -0.25) is 9.69 Å². The summed E-state index contributed by atoms with van der Waals surface area (Å²) in [7, 11) is 0. The average Bonchev–Trinajstić information content (AvgIpc) is 3.09. The number of aryl methyl sites for hydroxylation is 1. The lowest BCUT2D eigenvalue weighted by Gasteiger charge is -2.34. The largest absolute Gasteiger partial charge is 0.507 e. The smallest absolute Gasteiger partial charge is 0.409 e. The van der Waals surface area contributed by atoms with Crippen LogP contribution < -0.4 is 4.74 Å². The van der Waals surface area contributed by atoms with Crippen LogP contribution in [-0.4, -0.2) is 59.6 Å². The zero-order chi connectivity index (χ0) is 22.8. The van der Waals surface area contributed by atoms with Crippen LogP contribution in [0.4, 0.5) is 9.18 Å². The first-order valence-electron chi connectivity index (χ1n) is 10.6. The molecule has 1 amide bonds.